The minimum Gasteiger partial charge on any atom is -0.465 e. The number of hydrogen-bond acceptors (Lipinski definition) is 5. The maximum Gasteiger partial charge on any atom is 0.341 e. The van der Waals surface area contributed by atoms with E-state index in [0.29, 0.717) is 16.5 Å². The molecule has 0 N–H and O–H groups in total. The van der Waals surface area contributed by atoms with Crippen LogP contribution in [0.25, 0.3) is 0 Å². The van der Waals surface area contributed by atoms with Crippen LogP contribution in [0.5, 0.6) is 0 Å². The van der Waals surface area contributed by atoms with E-state index < -0.39 is 11.9 Å². The fraction of sp³-hybridized carbons (Fsp3) is 0.200. The molecular formula is C15H12Cl2O5. The van der Waals surface area contributed by atoms with Gasteiger partial charge in [-0.25, -0.2) is 9.59 Å². The summed E-state index contributed by atoms with van der Waals surface area (Å²) < 4.78 is 15.1. The van der Waals surface area contributed by atoms with Crippen molar-refractivity contribution in [2.75, 3.05) is 7.11 Å². The molecule has 0 atom stereocenters. The van der Waals surface area contributed by atoms with Crippen molar-refractivity contribution in [3.05, 3.63) is 57.0 Å². The van der Waals surface area contributed by atoms with Gasteiger partial charge in [0.05, 0.1) is 17.7 Å². The number of furan rings is 1. The number of carbonyl (C=O) groups excluding carboxylic acids is 2. The van der Waals surface area contributed by atoms with Gasteiger partial charge in [-0.15, -0.1) is 0 Å². The average Bonchev–Trinajstić information content (AvgIpc) is 2.85. The molecule has 0 radical (unpaired) electrons. The predicted molar refractivity (Wildman–Crippen MR) is 80.4 cm³/mol. The van der Waals surface area contributed by atoms with Crippen molar-refractivity contribution in [3.8, 4) is 0 Å². The number of benzene rings is 1. The summed E-state index contributed by atoms with van der Waals surface area (Å²) in [6.45, 7) is 1.49. The molecule has 0 saturated carbocycles. The van der Waals surface area contributed by atoms with Crippen LogP contribution in [-0.2, 0) is 16.1 Å². The zero-order valence-electron chi connectivity index (χ0n) is 11.8. The highest BCUT2D eigenvalue weighted by atomic mass is 35.5. The summed E-state index contributed by atoms with van der Waals surface area (Å²) in [7, 11) is 1.27. The molecule has 116 valence electrons. The largest absolute Gasteiger partial charge is 0.465 e. The maximum absolute atomic E-state index is 11.9. The van der Waals surface area contributed by atoms with Crippen LogP contribution in [0.2, 0.25) is 10.0 Å². The molecular weight excluding hydrogens is 331 g/mol. The number of hydrogen-bond donors (Lipinski definition) is 0. The molecule has 1 aromatic carbocycles. The normalized spacial score (nSPS) is 10.4. The lowest BCUT2D eigenvalue weighted by Gasteiger charge is -2.05. The molecule has 0 unspecified atom stereocenters. The summed E-state index contributed by atoms with van der Waals surface area (Å²) >= 11 is 11.7. The second-order valence-electron chi connectivity index (χ2n) is 4.37. The molecule has 0 amide bonds. The maximum atomic E-state index is 11.9. The van der Waals surface area contributed by atoms with Crippen molar-refractivity contribution >= 4 is 35.1 Å². The van der Waals surface area contributed by atoms with Gasteiger partial charge in [0.15, 0.2) is 0 Å². The highest BCUT2D eigenvalue weighted by molar-refractivity contribution is 6.36. The Bertz CT molecular complexity index is 721. The van der Waals surface area contributed by atoms with Crippen molar-refractivity contribution in [1.29, 1.82) is 0 Å². The van der Waals surface area contributed by atoms with Crippen LogP contribution >= 0.6 is 23.2 Å². The first-order valence-electron chi connectivity index (χ1n) is 6.22. The second kappa shape index (κ2) is 6.85. The lowest BCUT2D eigenvalue weighted by atomic mass is 10.2. The van der Waals surface area contributed by atoms with Gasteiger partial charge in [-0.3, -0.25) is 0 Å². The highest BCUT2D eigenvalue weighted by Crippen LogP contribution is 2.22. The molecule has 0 aliphatic carbocycles. The van der Waals surface area contributed by atoms with E-state index in [-0.39, 0.29) is 22.8 Å². The molecule has 2 aromatic rings. The Balaban J connectivity index is 2.07. The first-order chi connectivity index (χ1) is 10.4. The van der Waals surface area contributed by atoms with Gasteiger partial charge in [0.1, 0.15) is 23.7 Å². The first-order valence-corrected chi connectivity index (χ1v) is 6.97. The average molecular weight is 343 g/mol. The minimum absolute atomic E-state index is 0.129. The van der Waals surface area contributed by atoms with E-state index in [0.717, 1.165) is 0 Å². The van der Waals surface area contributed by atoms with Crippen molar-refractivity contribution in [1.82, 2.24) is 0 Å². The van der Waals surface area contributed by atoms with Crippen molar-refractivity contribution in [2.45, 2.75) is 13.5 Å². The fourth-order valence-electron chi connectivity index (χ4n) is 1.80. The van der Waals surface area contributed by atoms with Gasteiger partial charge in [0.25, 0.3) is 0 Å². The molecule has 5 nitrogen and oxygen atoms in total. The van der Waals surface area contributed by atoms with E-state index >= 15 is 0 Å². The number of methoxy groups -OCH3 is 1. The van der Waals surface area contributed by atoms with Crippen LogP contribution in [0.1, 0.15) is 32.2 Å². The summed E-state index contributed by atoms with van der Waals surface area (Å²) in [5.41, 5.74) is 0.487. The van der Waals surface area contributed by atoms with E-state index in [4.69, 9.17) is 32.4 Å². The predicted octanol–water partition coefficient (Wildman–Crippen LogP) is 4.04. The zero-order valence-corrected chi connectivity index (χ0v) is 13.3. The molecule has 0 saturated heterocycles. The number of halogens is 2. The van der Waals surface area contributed by atoms with Gasteiger partial charge in [-0.05, 0) is 31.2 Å². The number of ether oxygens (including phenoxy) is 2. The third-order valence-corrected chi connectivity index (χ3v) is 3.42. The van der Waals surface area contributed by atoms with Crippen LogP contribution in [0.3, 0.4) is 0 Å². The second-order valence-corrected chi connectivity index (χ2v) is 5.22. The van der Waals surface area contributed by atoms with E-state index in [2.05, 4.69) is 4.74 Å². The summed E-state index contributed by atoms with van der Waals surface area (Å²) in [4.78, 5) is 23.4. The van der Waals surface area contributed by atoms with Crippen LogP contribution in [0, 0.1) is 6.92 Å². The number of carbonyl (C=O) groups is 2. The molecule has 1 aromatic heterocycles. The molecule has 0 aliphatic rings. The molecule has 7 heteroatoms. The van der Waals surface area contributed by atoms with Gasteiger partial charge in [0.2, 0.25) is 0 Å². The van der Waals surface area contributed by atoms with E-state index in [1.807, 2.05) is 0 Å². The summed E-state index contributed by atoms with van der Waals surface area (Å²) in [6, 6.07) is 5.93. The first kappa shape index (κ1) is 16.4. The Morgan fingerprint density at radius 1 is 1.14 bits per heavy atom. The van der Waals surface area contributed by atoms with Gasteiger partial charge < -0.3 is 13.9 Å². The van der Waals surface area contributed by atoms with Crippen LogP contribution in [-0.4, -0.2) is 19.0 Å². The minimum atomic E-state index is -0.615. The molecule has 0 aliphatic heterocycles. The fourth-order valence-corrected chi connectivity index (χ4v) is 2.28. The van der Waals surface area contributed by atoms with E-state index in [1.54, 1.807) is 6.92 Å². The van der Waals surface area contributed by atoms with Gasteiger partial charge in [-0.1, -0.05) is 23.2 Å². The van der Waals surface area contributed by atoms with Gasteiger partial charge in [-0.2, -0.15) is 0 Å². The molecule has 1 heterocycles. The highest BCUT2D eigenvalue weighted by Gasteiger charge is 2.17. The van der Waals surface area contributed by atoms with Crippen molar-refractivity contribution in [2.24, 2.45) is 0 Å². The summed E-state index contributed by atoms with van der Waals surface area (Å²) in [5.74, 6) is -0.409. The Hall–Kier alpha value is -1.98. The quantitative estimate of drug-likeness (QED) is 0.784. The molecule has 2 rings (SSSR count). The zero-order chi connectivity index (χ0) is 16.3. The monoisotopic (exact) mass is 342 g/mol. The Morgan fingerprint density at radius 3 is 2.50 bits per heavy atom. The molecule has 0 fully saturated rings. The topological polar surface area (TPSA) is 65.7 Å². The van der Waals surface area contributed by atoms with Crippen molar-refractivity contribution in [3.63, 3.8) is 0 Å². The Morgan fingerprint density at radius 2 is 1.86 bits per heavy atom. The van der Waals surface area contributed by atoms with Crippen LogP contribution in [0.15, 0.2) is 28.7 Å². The molecule has 0 spiro atoms. The van der Waals surface area contributed by atoms with Gasteiger partial charge in [0, 0.05) is 5.02 Å². The summed E-state index contributed by atoms with van der Waals surface area (Å²) in [5, 5.41) is 0.620. The van der Waals surface area contributed by atoms with Crippen molar-refractivity contribution < 1.29 is 23.5 Å². The van der Waals surface area contributed by atoms with Crippen LogP contribution < -0.4 is 0 Å². The molecule has 0 bridgehead atoms. The number of esters is 2. The SMILES string of the molecule is COC(=O)c1cc(COC(=O)c2ccc(Cl)cc2Cl)oc1C. The third-order valence-electron chi connectivity index (χ3n) is 2.87. The third kappa shape index (κ3) is 3.61. The number of aryl methyl sites for hydroxylation is 1. The standard InChI is InChI=1S/C15H12Cl2O5/c1-8-12(14(18)20-2)6-10(22-8)7-21-15(19)11-4-3-9(16)5-13(11)17/h3-6H,7H2,1-2H3. The lowest BCUT2D eigenvalue weighted by molar-refractivity contribution is 0.0444. The van der Waals surface area contributed by atoms with E-state index in [9.17, 15) is 9.59 Å². The molecule has 22 heavy (non-hydrogen) atoms. The van der Waals surface area contributed by atoms with Gasteiger partial charge >= 0.3 is 11.9 Å². The van der Waals surface area contributed by atoms with E-state index in [1.165, 1.54) is 31.4 Å². The summed E-state index contributed by atoms with van der Waals surface area (Å²) in [6.07, 6.45) is 0. The smallest absolute Gasteiger partial charge is 0.341 e. The Kier molecular flexibility index (Phi) is 5.11. The lowest BCUT2D eigenvalue weighted by Crippen LogP contribution is -2.05. The Labute approximate surface area is 136 Å². The number of rotatable bonds is 4. The van der Waals surface area contributed by atoms with Crippen LogP contribution in [0.4, 0.5) is 0 Å².